The van der Waals surface area contributed by atoms with Crippen molar-refractivity contribution in [3.05, 3.63) is 0 Å². The van der Waals surface area contributed by atoms with Crippen molar-refractivity contribution in [1.82, 2.24) is 0 Å². The summed E-state index contributed by atoms with van der Waals surface area (Å²) in [7, 11) is 0. The molecule has 4 saturated carbocycles. The van der Waals surface area contributed by atoms with Gasteiger partial charge in [-0.1, -0.05) is 0 Å². The molecule has 5 fully saturated rings. The third kappa shape index (κ3) is 3.48. The summed E-state index contributed by atoms with van der Waals surface area (Å²) >= 11 is 0. The molecule has 0 radical (unpaired) electrons. The first kappa shape index (κ1) is 21.3. The van der Waals surface area contributed by atoms with E-state index in [0.717, 1.165) is 19.3 Å². The van der Waals surface area contributed by atoms with Crippen molar-refractivity contribution in [2.75, 3.05) is 19.8 Å². The van der Waals surface area contributed by atoms with Gasteiger partial charge in [-0.25, -0.2) is 0 Å². The van der Waals surface area contributed by atoms with Gasteiger partial charge in [0.25, 0.3) is 0 Å². The van der Waals surface area contributed by atoms with Crippen LogP contribution in [0.25, 0.3) is 0 Å². The molecule has 0 aromatic rings. The summed E-state index contributed by atoms with van der Waals surface area (Å²) in [5, 5.41) is 0. The van der Waals surface area contributed by atoms with Gasteiger partial charge in [0.15, 0.2) is 5.79 Å². The predicted octanol–water partition coefficient (Wildman–Crippen LogP) is 4.81. The predicted molar refractivity (Wildman–Crippen MR) is 95.5 cm³/mol. The maximum Gasteiger partial charge on any atom is 0.333 e. The molecule has 1 heterocycles. The topological polar surface area (TPSA) is 44.8 Å². The van der Waals surface area contributed by atoms with Crippen LogP contribution in [-0.2, 0) is 19.0 Å². The quantitative estimate of drug-likeness (QED) is 0.473. The Kier molecular flexibility index (Phi) is 4.82. The molecule has 1 aliphatic heterocycles. The molecule has 29 heavy (non-hydrogen) atoms. The molecule has 1 spiro atoms. The number of ether oxygens (including phenoxy) is 3. The Bertz CT molecular complexity index is 656. The highest BCUT2D eigenvalue weighted by Crippen LogP contribution is 2.65. The van der Waals surface area contributed by atoms with Gasteiger partial charge in [0.05, 0.1) is 18.6 Å². The summed E-state index contributed by atoms with van der Waals surface area (Å²) in [5.41, 5.74) is -0.795. The van der Waals surface area contributed by atoms with E-state index in [1.807, 2.05) is 0 Å². The highest BCUT2D eigenvalue weighted by Gasteiger charge is 2.67. The molecule has 4 aliphatic carbocycles. The largest absolute Gasteiger partial charge is 0.465 e. The maximum atomic E-state index is 14.0. The molecule has 1 saturated heterocycles. The third-order valence-electron chi connectivity index (χ3n) is 7.33. The summed E-state index contributed by atoms with van der Waals surface area (Å²) < 4.78 is 72.5. The molecule has 0 amide bonds. The smallest absolute Gasteiger partial charge is 0.333 e. The van der Waals surface area contributed by atoms with E-state index in [1.165, 1.54) is 0 Å². The second kappa shape index (κ2) is 6.55. The Hall–Kier alpha value is -0.890. The Balaban J connectivity index is 1.52. The van der Waals surface area contributed by atoms with E-state index < -0.39 is 42.7 Å². The zero-order valence-electron chi connectivity index (χ0n) is 17.2. The van der Waals surface area contributed by atoms with Crippen molar-refractivity contribution in [3.8, 4) is 0 Å². The van der Waals surface area contributed by atoms with Crippen molar-refractivity contribution in [1.29, 1.82) is 0 Å². The molecular weight excluding hydrogens is 392 g/mol. The lowest BCUT2D eigenvalue weighted by molar-refractivity contribution is -0.387. The molecule has 166 valence electrons. The fourth-order valence-electron chi connectivity index (χ4n) is 6.04. The first-order chi connectivity index (χ1) is 13.3. The lowest BCUT2D eigenvalue weighted by atomic mass is 9.47. The van der Waals surface area contributed by atoms with Crippen molar-refractivity contribution in [2.45, 2.75) is 76.9 Å². The highest BCUT2D eigenvalue weighted by molar-refractivity contribution is 5.75. The molecule has 2 unspecified atom stereocenters. The standard InChI is InChI=1S/C21H30F4O4/c1-17(2,3)16(26)27-11-18-8-13-6-14(9-18)21(15(7-13)10-18)28-5-4-19(22,23)20(24,25)12-29-21/h13-15H,4-12H2,1-3H3. The minimum atomic E-state index is -4.21. The monoisotopic (exact) mass is 422 g/mol. The molecule has 5 aliphatic rings. The van der Waals surface area contributed by atoms with E-state index in [-0.39, 0.29) is 23.2 Å². The summed E-state index contributed by atoms with van der Waals surface area (Å²) in [4.78, 5) is 12.2. The van der Waals surface area contributed by atoms with E-state index in [0.29, 0.717) is 25.4 Å². The fraction of sp³-hybridized carbons (Fsp3) is 0.952. The Morgan fingerprint density at radius 3 is 2.21 bits per heavy atom. The summed E-state index contributed by atoms with van der Waals surface area (Å²) in [6.07, 6.45) is 2.74. The second-order valence-electron chi connectivity index (χ2n) is 10.7. The van der Waals surface area contributed by atoms with Crippen molar-refractivity contribution in [2.24, 2.45) is 28.6 Å². The number of halogens is 4. The van der Waals surface area contributed by atoms with Crippen LogP contribution in [0.3, 0.4) is 0 Å². The Morgan fingerprint density at radius 1 is 1.00 bits per heavy atom. The minimum absolute atomic E-state index is 0.149. The van der Waals surface area contributed by atoms with Crippen LogP contribution >= 0.6 is 0 Å². The van der Waals surface area contributed by atoms with Gasteiger partial charge in [0.1, 0.15) is 6.61 Å². The van der Waals surface area contributed by atoms with Gasteiger partial charge >= 0.3 is 17.8 Å². The number of carbonyl (C=O) groups excluding carboxylic acids is 1. The number of rotatable bonds is 2. The second-order valence-corrected chi connectivity index (χ2v) is 10.7. The molecule has 2 atom stereocenters. The molecule has 4 bridgehead atoms. The van der Waals surface area contributed by atoms with Gasteiger partial charge in [0.2, 0.25) is 0 Å². The zero-order valence-corrected chi connectivity index (χ0v) is 17.2. The number of esters is 1. The SMILES string of the molecule is CC(C)(C)C(=O)OCC12CC3CC(C1)C1(OCCC(F)(F)C(F)(F)CO1)C(C3)C2. The van der Waals surface area contributed by atoms with E-state index >= 15 is 0 Å². The van der Waals surface area contributed by atoms with Crippen LogP contribution < -0.4 is 0 Å². The normalized spacial score (nSPS) is 43.1. The van der Waals surface area contributed by atoms with Crippen molar-refractivity contribution in [3.63, 3.8) is 0 Å². The number of carbonyl (C=O) groups is 1. The van der Waals surface area contributed by atoms with Crippen LogP contribution in [0, 0.1) is 28.6 Å². The van der Waals surface area contributed by atoms with Crippen LogP contribution in [-0.4, -0.2) is 43.4 Å². The van der Waals surface area contributed by atoms with Crippen LogP contribution in [0.15, 0.2) is 0 Å². The number of alkyl halides is 4. The van der Waals surface area contributed by atoms with Gasteiger partial charge in [0, 0.05) is 23.7 Å². The molecule has 0 aromatic carbocycles. The lowest BCUT2D eigenvalue weighted by Crippen LogP contribution is -2.66. The molecular formula is C21H30F4O4. The summed E-state index contributed by atoms with van der Waals surface area (Å²) in [6, 6.07) is 0. The first-order valence-electron chi connectivity index (χ1n) is 10.5. The summed E-state index contributed by atoms with van der Waals surface area (Å²) in [6.45, 7) is 3.93. The van der Waals surface area contributed by atoms with Gasteiger partial charge in [-0.05, 0) is 58.8 Å². The number of hydrogen-bond acceptors (Lipinski definition) is 4. The summed E-state index contributed by atoms with van der Waals surface area (Å²) in [5.74, 6) is -9.74. The molecule has 4 nitrogen and oxygen atoms in total. The number of hydrogen-bond donors (Lipinski definition) is 0. The van der Waals surface area contributed by atoms with Crippen LogP contribution in [0.4, 0.5) is 17.6 Å². The first-order valence-corrected chi connectivity index (χ1v) is 10.5. The average molecular weight is 422 g/mol. The van der Waals surface area contributed by atoms with Crippen LogP contribution in [0.5, 0.6) is 0 Å². The van der Waals surface area contributed by atoms with Gasteiger partial charge < -0.3 is 14.2 Å². The molecule has 0 aromatic heterocycles. The molecule has 5 rings (SSSR count). The van der Waals surface area contributed by atoms with Crippen LogP contribution in [0.2, 0.25) is 0 Å². The van der Waals surface area contributed by atoms with Crippen LogP contribution in [0.1, 0.15) is 59.3 Å². The van der Waals surface area contributed by atoms with Crippen molar-refractivity contribution < 1.29 is 36.6 Å². The highest BCUT2D eigenvalue weighted by atomic mass is 19.3. The average Bonchev–Trinajstić information content (AvgIpc) is 2.59. The Labute approximate surface area is 168 Å². The zero-order chi connectivity index (χ0) is 21.3. The van der Waals surface area contributed by atoms with Gasteiger partial charge in [-0.2, -0.15) is 17.6 Å². The van der Waals surface area contributed by atoms with E-state index in [4.69, 9.17) is 14.2 Å². The van der Waals surface area contributed by atoms with E-state index in [1.54, 1.807) is 20.8 Å². The van der Waals surface area contributed by atoms with E-state index in [2.05, 4.69) is 0 Å². The maximum absolute atomic E-state index is 14.0. The lowest BCUT2D eigenvalue weighted by Gasteiger charge is -2.64. The van der Waals surface area contributed by atoms with Gasteiger partial charge in [-0.15, -0.1) is 0 Å². The van der Waals surface area contributed by atoms with E-state index in [9.17, 15) is 22.4 Å². The Morgan fingerprint density at radius 2 is 1.62 bits per heavy atom. The molecule has 8 heteroatoms. The fourth-order valence-corrected chi connectivity index (χ4v) is 6.04. The molecule has 0 N–H and O–H groups in total. The van der Waals surface area contributed by atoms with Crippen molar-refractivity contribution >= 4 is 5.97 Å². The van der Waals surface area contributed by atoms with Gasteiger partial charge in [-0.3, -0.25) is 4.79 Å². The minimum Gasteiger partial charge on any atom is -0.465 e. The third-order valence-corrected chi connectivity index (χ3v) is 7.33.